The third-order valence-corrected chi connectivity index (χ3v) is 3.42. The zero-order chi connectivity index (χ0) is 15.2. The molecule has 112 valence electrons. The van der Waals surface area contributed by atoms with Crippen LogP contribution in [0.3, 0.4) is 0 Å². The van der Waals surface area contributed by atoms with Gasteiger partial charge in [0.2, 0.25) is 5.91 Å². The summed E-state index contributed by atoms with van der Waals surface area (Å²) in [4.78, 5) is 24.6. The number of morpholine rings is 1. The second-order valence-electron chi connectivity index (χ2n) is 5.10. The molecule has 0 bridgehead atoms. The fourth-order valence-electron chi connectivity index (χ4n) is 2.26. The lowest BCUT2D eigenvalue weighted by Crippen LogP contribution is -2.49. The Balaban J connectivity index is 2.03. The van der Waals surface area contributed by atoms with E-state index in [2.05, 4.69) is 0 Å². The molecule has 1 aromatic rings. The number of aliphatic carboxylic acids is 1. The molecule has 5 heteroatoms. The molecule has 1 saturated heterocycles. The van der Waals surface area contributed by atoms with E-state index in [9.17, 15) is 9.59 Å². The first-order valence-corrected chi connectivity index (χ1v) is 6.91. The highest BCUT2D eigenvalue weighted by Crippen LogP contribution is 2.12. The van der Waals surface area contributed by atoms with Gasteiger partial charge in [0.15, 0.2) is 0 Å². The van der Waals surface area contributed by atoms with Gasteiger partial charge in [0.25, 0.3) is 0 Å². The highest BCUT2D eigenvalue weighted by molar-refractivity contribution is 5.92. The minimum absolute atomic E-state index is 0.0931. The second-order valence-corrected chi connectivity index (χ2v) is 5.10. The molecule has 1 amide bonds. The van der Waals surface area contributed by atoms with E-state index in [-0.39, 0.29) is 18.9 Å². The number of hydrogen-bond donors (Lipinski definition) is 1. The van der Waals surface area contributed by atoms with Crippen LogP contribution in [0.15, 0.2) is 30.3 Å². The first kappa shape index (κ1) is 15.3. The van der Waals surface area contributed by atoms with Gasteiger partial charge in [-0.25, -0.2) is 0 Å². The number of carbonyl (C=O) groups is 2. The van der Waals surface area contributed by atoms with Crippen molar-refractivity contribution in [3.05, 3.63) is 41.5 Å². The van der Waals surface area contributed by atoms with Crippen molar-refractivity contribution in [1.82, 2.24) is 4.90 Å². The summed E-state index contributed by atoms with van der Waals surface area (Å²) in [5.74, 6) is -1.10. The molecule has 1 aliphatic rings. The van der Waals surface area contributed by atoms with E-state index in [0.29, 0.717) is 13.2 Å². The molecule has 2 rings (SSSR count). The van der Waals surface area contributed by atoms with Gasteiger partial charge in [0.05, 0.1) is 25.7 Å². The maximum Gasteiger partial charge on any atom is 0.305 e. The Hall–Kier alpha value is -2.14. The van der Waals surface area contributed by atoms with Crippen molar-refractivity contribution in [2.75, 3.05) is 19.8 Å². The number of carboxylic acid groups (broad SMARTS) is 1. The molecule has 1 fully saturated rings. The lowest BCUT2D eigenvalue weighted by molar-refractivity contribution is -0.143. The van der Waals surface area contributed by atoms with Crippen LogP contribution in [-0.2, 0) is 14.3 Å². The quantitative estimate of drug-likeness (QED) is 0.857. The van der Waals surface area contributed by atoms with Crippen LogP contribution in [0, 0.1) is 6.92 Å². The van der Waals surface area contributed by atoms with E-state index in [1.807, 2.05) is 31.2 Å². The predicted molar refractivity (Wildman–Crippen MR) is 78.8 cm³/mol. The third kappa shape index (κ3) is 4.43. The Morgan fingerprint density at radius 3 is 2.76 bits per heavy atom. The molecule has 5 nitrogen and oxygen atoms in total. The Morgan fingerprint density at radius 1 is 1.38 bits per heavy atom. The van der Waals surface area contributed by atoms with Crippen molar-refractivity contribution >= 4 is 18.0 Å². The second kappa shape index (κ2) is 7.04. The molecule has 0 aliphatic carbocycles. The molecule has 1 aliphatic heterocycles. The number of ether oxygens (including phenoxy) is 1. The minimum Gasteiger partial charge on any atom is -0.481 e. The normalized spacial score (nSPS) is 18.9. The fourth-order valence-corrected chi connectivity index (χ4v) is 2.26. The van der Waals surface area contributed by atoms with Gasteiger partial charge < -0.3 is 14.7 Å². The third-order valence-electron chi connectivity index (χ3n) is 3.42. The molecule has 1 aromatic carbocycles. The average molecular weight is 289 g/mol. The topological polar surface area (TPSA) is 66.8 Å². The first-order valence-electron chi connectivity index (χ1n) is 6.91. The molecule has 0 spiro atoms. The highest BCUT2D eigenvalue weighted by atomic mass is 16.5. The van der Waals surface area contributed by atoms with Gasteiger partial charge in [-0.05, 0) is 18.6 Å². The van der Waals surface area contributed by atoms with Gasteiger partial charge >= 0.3 is 5.97 Å². The molecule has 1 N–H and O–H groups in total. The van der Waals surface area contributed by atoms with E-state index in [0.717, 1.165) is 11.1 Å². The van der Waals surface area contributed by atoms with Crippen LogP contribution in [-0.4, -0.2) is 47.7 Å². The van der Waals surface area contributed by atoms with Crippen molar-refractivity contribution in [1.29, 1.82) is 0 Å². The molecule has 0 aromatic heterocycles. The Morgan fingerprint density at radius 2 is 2.10 bits per heavy atom. The van der Waals surface area contributed by atoms with Crippen LogP contribution in [0.4, 0.5) is 0 Å². The molecule has 0 radical (unpaired) electrons. The number of carbonyl (C=O) groups excluding carboxylic acids is 1. The number of aryl methyl sites for hydroxylation is 1. The molecule has 1 atom stereocenters. The van der Waals surface area contributed by atoms with Gasteiger partial charge in [-0.3, -0.25) is 9.59 Å². The first-order chi connectivity index (χ1) is 10.1. The Kier molecular flexibility index (Phi) is 5.11. The summed E-state index contributed by atoms with van der Waals surface area (Å²) >= 11 is 0. The number of rotatable bonds is 4. The number of amides is 1. The Bertz CT molecular complexity index is 536. The largest absolute Gasteiger partial charge is 0.481 e. The summed E-state index contributed by atoms with van der Waals surface area (Å²) in [6, 6.07) is 7.44. The smallest absolute Gasteiger partial charge is 0.305 e. The maximum atomic E-state index is 12.2. The summed E-state index contributed by atoms with van der Waals surface area (Å²) < 4.78 is 5.26. The zero-order valence-corrected chi connectivity index (χ0v) is 12.0. The lowest BCUT2D eigenvalue weighted by Gasteiger charge is -2.34. The van der Waals surface area contributed by atoms with Crippen molar-refractivity contribution in [2.45, 2.75) is 19.4 Å². The van der Waals surface area contributed by atoms with Gasteiger partial charge in [-0.15, -0.1) is 0 Å². The van der Waals surface area contributed by atoms with Crippen LogP contribution in [0.25, 0.3) is 6.08 Å². The van der Waals surface area contributed by atoms with Crippen LogP contribution < -0.4 is 0 Å². The van der Waals surface area contributed by atoms with Crippen LogP contribution in [0.2, 0.25) is 0 Å². The summed E-state index contributed by atoms with van der Waals surface area (Å²) in [5.41, 5.74) is 2.10. The van der Waals surface area contributed by atoms with Gasteiger partial charge in [0.1, 0.15) is 0 Å². The molecule has 0 saturated carbocycles. The van der Waals surface area contributed by atoms with E-state index in [1.54, 1.807) is 11.0 Å². The SMILES string of the molecule is Cc1ccc(/C=C/C(=O)N2CCOCC2CC(=O)O)cc1. The number of carboxylic acids is 1. The summed E-state index contributed by atoms with van der Waals surface area (Å²) in [7, 11) is 0. The highest BCUT2D eigenvalue weighted by Gasteiger charge is 2.27. The van der Waals surface area contributed by atoms with Crippen LogP contribution >= 0.6 is 0 Å². The lowest BCUT2D eigenvalue weighted by atomic mass is 10.1. The molecular weight excluding hydrogens is 270 g/mol. The van der Waals surface area contributed by atoms with Crippen LogP contribution in [0.1, 0.15) is 17.5 Å². The van der Waals surface area contributed by atoms with E-state index < -0.39 is 12.0 Å². The predicted octanol–water partition coefficient (Wildman–Crippen LogP) is 1.71. The summed E-state index contributed by atoms with van der Waals surface area (Å²) in [6.07, 6.45) is 3.14. The molecular formula is C16H19NO4. The van der Waals surface area contributed by atoms with E-state index in [1.165, 1.54) is 6.08 Å². The monoisotopic (exact) mass is 289 g/mol. The molecule has 1 unspecified atom stereocenters. The standard InChI is InChI=1S/C16H19NO4/c1-12-2-4-13(5-3-12)6-7-15(18)17-8-9-21-11-14(17)10-16(19)20/h2-7,14H,8-11H2,1H3,(H,19,20)/b7-6+. The summed E-state index contributed by atoms with van der Waals surface area (Å²) in [6.45, 7) is 3.15. The summed E-state index contributed by atoms with van der Waals surface area (Å²) in [5, 5.41) is 8.89. The molecule has 21 heavy (non-hydrogen) atoms. The van der Waals surface area contributed by atoms with Gasteiger partial charge in [0, 0.05) is 12.6 Å². The number of nitrogens with zero attached hydrogens (tertiary/aromatic N) is 1. The molecule has 1 heterocycles. The maximum absolute atomic E-state index is 12.2. The van der Waals surface area contributed by atoms with Crippen molar-refractivity contribution < 1.29 is 19.4 Å². The van der Waals surface area contributed by atoms with E-state index in [4.69, 9.17) is 9.84 Å². The zero-order valence-electron chi connectivity index (χ0n) is 12.0. The average Bonchev–Trinajstić information content (AvgIpc) is 2.46. The van der Waals surface area contributed by atoms with E-state index >= 15 is 0 Å². The minimum atomic E-state index is -0.925. The van der Waals surface area contributed by atoms with Crippen molar-refractivity contribution in [3.8, 4) is 0 Å². The van der Waals surface area contributed by atoms with Gasteiger partial charge in [-0.2, -0.15) is 0 Å². The van der Waals surface area contributed by atoms with Crippen molar-refractivity contribution in [2.24, 2.45) is 0 Å². The van der Waals surface area contributed by atoms with Crippen molar-refractivity contribution in [3.63, 3.8) is 0 Å². The Labute approximate surface area is 123 Å². The number of benzene rings is 1. The van der Waals surface area contributed by atoms with Gasteiger partial charge in [-0.1, -0.05) is 29.8 Å². The fraction of sp³-hybridized carbons (Fsp3) is 0.375. The van der Waals surface area contributed by atoms with Crippen LogP contribution in [0.5, 0.6) is 0 Å². The number of hydrogen-bond acceptors (Lipinski definition) is 3.